The normalized spacial score (nSPS) is 10.4. The first kappa shape index (κ1) is 10.0. The summed E-state index contributed by atoms with van der Waals surface area (Å²) in [4.78, 5) is 7.87. The lowest BCUT2D eigenvalue weighted by atomic mass is 10.9. The maximum absolute atomic E-state index is 5.75. The molecule has 14 heavy (non-hydrogen) atoms. The Bertz CT molecular complexity index is 434. The first-order valence-corrected chi connectivity index (χ1v) is 5.60. The SMILES string of the molecule is Clc1nnc(Cl)c(Sc2ncns2)n1. The van der Waals surface area contributed by atoms with Gasteiger partial charge in [0, 0.05) is 0 Å². The summed E-state index contributed by atoms with van der Waals surface area (Å²) in [7, 11) is 0. The topological polar surface area (TPSA) is 64.5 Å². The molecule has 0 atom stereocenters. The summed E-state index contributed by atoms with van der Waals surface area (Å²) in [5.74, 6) is 0. The predicted octanol–water partition coefficient (Wildman–Crippen LogP) is 2.18. The molecule has 0 amide bonds. The van der Waals surface area contributed by atoms with Crippen molar-refractivity contribution >= 4 is 46.5 Å². The van der Waals surface area contributed by atoms with Crippen LogP contribution in [0, 0.1) is 0 Å². The fourth-order valence-electron chi connectivity index (χ4n) is 0.636. The van der Waals surface area contributed by atoms with Gasteiger partial charge in [0.05, 0.1) is 0 Å². The summed E-state index contributed by atoms with van der Waals surface area (Å²) in [5.41, 5.74) is 0. The van der Waals surface area contributed by atoms with Crippen LogP contribution in [-0.2, 0) is 0 Å². The lowest BCUT2D eigenvalue weighted by Crippen LogP contribution is -1.91. The highest BCUT2D eigenvalue weighted by atomic mass is 35.5. The molecule has 0 radical (unpaired) electrons. The van der Waals surface area contributed by atoms with Gasteiger partial charge >= 0.3 is 0 Å². The van der Waals surface area contributed by atoms with E-state index in [-0.39, 0.29) is 10.4 Å². The van der Waals surface area contributed by atoms with Crippen LogP contribution in [0.2, 0.25) is 10.4 Å². The minimum Gasteiger partial charge on any atom is -0.216 e. The van der Waals surface area contributed by atoms with Gasteiger partial charge in [-0.2, -0.15) is 4.37 Å². The van der Waals surface area contributed by atoms with Gasteiger partial charge in [0.2, 0.25) is 5.28 Å². The zero-order chi connectivity index (χ0) is 9.97. The molecule has 2 aromatic rings. The average molecular weight is 266 g/mol. The van der Waals surface area contributed by atoms with Gasteiger partial charge in [-0.3, -0.25) is 0 Å². The molecular weight excluding hydrogens is 265 g/mol. The molecule has 0 aliphatic rings. The van der Waals surface area contributed by atoms with Gasteiger partial charge in [-0.05, 0) is 34.9 Å². The molecule has 2 rings (SSSR count). The first-order valence-electron chi connectivity index (χ1n) is 3.26. The number of nitrogens with zero attached hydrogens (tertiary/aromatic N) is 5. The summed E-state index contributed by atoms with van der Waals surface area (Å²) in [6, 6.07) is 0. The van der Waals surface area contributed by atoms with Gasteiger partial charge in [-0.25, -0.2) is 9.97 Å². The molecule has 5 nitrogen and oxygen atoms in total. The zero-order valence-corrected chi connectivity index (χ0v) is 9.53. The lowest BCUT2D eigenvalue weighted by Gasteiger charge is -1.97. The Hall–Kier alpha value is -0.500. The van der Waals surface area contributed by atoms with E-state index in [2.05, 4.69) is 24.5 Å². The molecule has 0 unspecified atom stereocenters. The maximum Gasteiger partial charge on any atom is 0.244 e. The second kappa shape index (κ2) is 4.35. The molecule has 0 aromatic carbocycles. The van der Waals surface area contributed by atoms with Crippen molar-refractivity contribution in [1.82, 2.24) is 24.5 Å². The molecule has 2 heterocycles. The minimum atomic E-state index is 0.0569. The van der Waals surface area contributed by atoms with Crippen LogP contribution >= 0.6 is 46.5 Å². The van der Waals surface area contributed by atoms with Crippen molar-refractivity contribution in [2.75, 3.05) is 0 Å². The van der Waals surface area contributed by atoms with E-state index in [1.807, 2.05) is 0 Å². The van der Waals surface area contributed by atoms with Crippen molar-refractivity contribution in [2.45, 2.75) is 9.37 Å². The molecule has 0 fully saturated rings. The molecule has 2 aromatic heterocycles. The van der Waals surface area contributed by atoms with Crippen molar-refractivity contribution < 1.29 is 0 Å². The molecule has 0 N–H and O–H groups in total. The fourth-order valence-corrected chi connectivity index (χ4v) is 2.32. The Morgan fingerprint density at radius 3 is 2.86 bits per heavy atom. The number of hydrogen-bond donors (Lipinski definition) is 0. The molecule has 9 heteroatoms. The van der Waals surface area contributed by atoms with Crippen LogP contribution in [0.25, 0.3) is 0 Å². The van der Waals surface area contributed by atoms with E-state index in [0.29, 0.717) is 5.03 Å². The van der Waals surface area contributed by atoms with Crippen molar-refractivity contribution in [3.05, 3.63) is 16.8 Å². The number of halogens is 2. The highest BCUT2D eigenvalue weighted by Crippen LogP contribution is 2.30. The second-order valence-electron chi connectivity index (χ2n) is 1.99. The maximum atomic E-state index is 5.75. The third-order valence-corrected chi connectivity index (χ3v) is 3.34. The van der Waals surface area contributed by atoms with E-state index >= 15 is 0 Å². The molecule has 0 bridgehead atoms. The summed E-state index contributed by atoms with van der Waals surface area (Å²) < 4.78 is 4.57. The smallest absolute Gasteiger partial charge is 0.216 e. The minimum absolute atomic E-state index is 0.0569. The van der Waals surface area contributed by atoms with E-state index in [4.69, 9.17) is 23.2 Å². The van der Waals surface area contributed by atoms with Crippen LogP contribution < -0.4 is 0 Å². The number of rotatable bonds is 2. The molecule has 0 spiro atoms. The predicted molar refractivity (Wildman–Crippen MR) is 53.9 cm³/mol. The van der Waals surface area contributed by atoms with Crippen LogP contribution in [0.5, 0.6) is 0 Å². The van der Waals surface area contributed by atoms with Crippen LogP contribution in [0.1, 0.15) is 0 Å². The Morgan fingerprint density at radius 1 is 1.29 bits per heavy atom. The van der Waals surface area contributed by atoms with Crippen LogP contribution in [0.3, 0.4) is 0 Å². The van der Waals surface area contributed by atoms with E-state index in [9.17, 15) is 0 Å². The Labute approximate surface area is 97.1 Å². The standard InChI is InChI=1S/C5HCl2N5S2/c6-2-3(10-4(7)12-11-2)13-5-8-1-9-14-5/h1H. The third kappa shape index (κ3) is 2.30. The van der Waals surface area contributed by atoms with Crippen molar-refractivity contribution in [2.24, 2.45) is 0 Å². The molecule has 0 saturated heterocycles. The molecule has 0 saturated carbocycles. The van der Waals surface area contributed by atoms with Crippen molar-refractivity contribution in [1.29, 1.82) is 0 Å². The van der Waals surface area contributed by atoms with Crippen LogP contribution in [0.4, 0.5) is 0 Å². The van der Waals surface area contributed by atoms with Gasteiger partial charge in [0.15, 0.2) is 9.49 Å². The monoisotopic (exact) mass is 265 g/mol. The number of aromatic nitrogens is 5. The summed E-state index contributed by atoms with van der Waals surface area (Å²) in [6.45, 7) is 0. The Kier molecular flexibility index (Phi) is 3.12. The second-order valence-corrected chi connectivity index (χ2v) is 4.70. The fraction of sp³-hybridized carbons (Fsp3) is 0. The number of hydrogen-bond acceptors (Lipinski definition) is 7. The molecule has 0 aliphatic carbocycles. The summed E-state index contributed by atoms with van der Waals surface area (Å²) >= 11 is 13.8. The zero-order valence-electron chi connectivity index (χ0n) is 6.39. The highest BCUT2D eigenvalue weighted by Gasteiger charge is 2.09. The largest absolute Gasteiger partial charge is 0.244 e. The van der Waals surface area contributed by atoms with E-state index in [0.717, 1.165) is 4.34 Å². The lowest BCUT2D eigenvalue weighted by molar-refractivity contribution is 0.904. The average Bonchev–Trinajstić information content (AvgIpc) is 2.64. The quantitative estimate of drug-likeness (QED) is 0.830. The van der Waals surface area contributed by atoms with Gasteiger partial charge in [0.1, 0.15) is 11.4 Å². The highest BCUT2D eigenvalue weighted by molar-refractivity contribution is 8.01. The van der Waals surface area contributed by atoms with Crippen molar-refractivity contribution in [3.63, 3.8) is 0 Å². The Balaban J connectivity index is 2.28. The summed E-state index contributed by atoms with van der Waals surface area (Å²) in [5, 5.41) is 7.85. The molecule has 72 valence electrons. The molecule has 0 aliphatic heterocycles. The van der Waals surface area contributed by atoms with Crippen LogP contribution in [0.15, 0.2) is 15.7 Å². The Morgan fingerprint density at radius 2 is 2.14 bits per heavy atom. The molecular formula is C5HCl2N5S2. The van der Waals surface area contributed by atoms with Gasteiger partial charge in [-0.15, -0.1) is 10.2 Å². The van der Waals surface area contributed by atoms with Crippen molar-refractivity contribution in [3.8, 4) is 0 Å². The van der Waals surface area contributed by atoms with E-state index in [1.165, 1.54) is 29.6 Å². The van der Waals surface area contributed by atoms with Gasteiger partial charge in [-0.1, -0.05) is 11.6 Å². The summed E-state index contributed by atoms with van der Waals surface area (Å²) in [6.07, 6.45) is 1.46. The third-order valence-electron chi connectivity index (χ3n) is 1.12. The van der Waals surface area contributed by atoms with E-state index in [1.54, 1.807) is 0 Å². The van der Waals surface area contributed by atoms with E-state index < -0.39 is 0 Å². The van der Waals surface area contributed by atoms with Gasteiger partial charge in [0.25, 0.3) is 0 Å². The van der Waals surface area contributed by atoms with Crippen LogP contribution in [-0.4, -0.2) is 24.5 Å². The first-order chi connectivity index (χ1) is 6.75. The van der Waals surface area contributed by atoms with Gasteiger partial charge < -0.3 is 0 Å².